The van der Waals surface area contributed by atoms with Crippen LogP contribution in [-0.2, 0) is 13.6 Å². The highest BCUT2D eigenvalue weighted by molar-refractivity contribution is 5.46. The predicted octanol–water partition coefficient (Wildman–Crippen LogP) is -1.20. The monoisotopic (exact) mass is 243 g/mol. The smallest absolute Gasteiger partial charge is 0.142 e. The lowest BCUT2D eigenvalue weighted by Gasteiger charge is -2.20. The van der Waals surface area contributed by atoms with Crippen molar-refractivity contribution in [2.45, 2.75) is 13.5 Å². The van der Waals surface area contributed by atoms with Crippen LogP contribution in [0.1, 0.15) is 11.3 Å². The third-order valence-corrected chi connectivity index (χ3v) is 2.70. The van der Waals surface area contributed by atoms with Crippen molar-refractivity contribution in [2.24, 2.45) is 12.9 Å². The van der Waals surface area contributed by atoms with Crippen LogP contribution < -0.4 is 11.3 Å². The first kappa shape index (κ1) is 13.9. The number of nitrogens with one attached hydrogen (secondary N) is 1. The van der Waals surface area contributed by atoms with E-state index in [-0.39, 0.29) is 13.2 Å². The van der Waals surface area contributed by atoms with Gasteiger partial charge in [-0.1, -0.05) is 0 Å². The molecule has 1 aromatic heterocycles. The van der Waals surface area contributed by atoms with E-state index in [9.17, 15) is 0 Å². The van der Waals surface area contributed by atoms with Gasteiger partial charge in [0.25, 0.3) is 0 Å². The predicted molar refractivity (Wildman–Crippen MR) is 65.2 cm³/mol. The molecule has 0 unspecified atom stereocenters. The van der Waals surface area contributed by atoms with Gasteiger partial charge in [0.2, 0.25) is 0 Å². The zero-order valence-corrected chi connectivity index (χ0v) is 10.3. The van der Waals surface area contributed by atoms with Crippen LogP contribution in [-0.4, -0.2) is 51.2 Å². The molecule has 0 aliphatic heterocycles. The Morgan fingerprint density at radius 1 is 1.35 bits per heavy atom. The maximum atomic E-state index is 8.96. The first-order valence-corrected chi connectivity index (χ1v) is 5.57. The molecule has 0 aliphatic carbocycles. The zero-order chi connectivity index (χ0) is 12.8. The normalized spacial score (nSPS) is 11.2. The van der Waals surface area contributed by atoms with E-state index in [2.05, 4.69) is 10.5 Å². The van der Waals surface area contributed by atoms with Gasteiger partial charge >= 0.3 is 0 Å². The number of aromatic nitrogens is 2. The Hall–Kier alpha value is -1.15. The highest BCUT2D eigenvalue weighted by Crippen LogP contribution is 2.19. The highest BCUT2D eigenvalue weighted by Gasteiger charge is 2.15. The number of hydrogen-bond donors (Lipinski definition) is 4. The number of hydrogen-bond acceptors (Lipinski definition) is 6. The summed E-state index contributed by atoms with van der Waals surface area (Å²) in [6.07, 6.45) is 0. The van der Waals surface area contributed by atoms with Gasteiger partial charge in [0.05, 0.1) is 18.9 Å². The van der Waals surface area contributed by atoms with Crippen LogP contribution in [0, 0.1) is 6.92 Å². The number of hydrazine groups is 1. The van der Waals surface area contributed by atoms with Gasteiger partial charge in [-0.2, -0.15) is 5.10 Å². The molecule has 7 heteroatoms. The molecular formula is C10H21N5O2. The lowest BCUT2D eigenvalue weighted by Crippen LogP contribution is -2.30. The molecule has 0 spiro atoms. The molecule has 0 aliphatic rings. The molecule has 1 aromatic rings. The van der Waals surface area contributed by atoms with E-state index in [1.807, 2.05) is 18.9 Å². The van der Waals surface area contributed by atoms with E-state index in [0.717, 1.165) is 17.1 Å². The molecule has 0 bridgehead atoms. The molecule has 0 atom stereocenters. The SMILES string of the molecule is Cc1nn(C)c(NN)c1CN(CCO)CCO. The lowest BCUT2D eigenvalue weighted by atomic mass is 10.2. The summed E-state index contributed by atoms with van der Waals surface area (Å²) in [5.41, 5.74) is 4.50. The van der Waals surface area contributed by atoms with Crippen molar-refractivity contribution in [3.05, 3.63) is 11.3 Å². The van der Waals surface area contributed by atoms with Gasteiger partial charge in [-0.15, -0.1) is 0 Å². The summed E-state index contributed by atoms with van der Waals surface area (Å²) in [6, 6.07) is 0. The molecule has 0 saturated heterocycles. The minimum Gasteiger partial charge on any atom is -0.395 e. The molecular weight excluding hydrogens is 222 g/mol. The Morgan fingerprint density at radius 3 is 2.41 bits per heavy atom. The lowest BCUT2D eigenvalue weighted by molar-refractivity contribution is 0.156. The van der Waals surface area contributed by atoms with Gasteiger partial charge in [-0.05, 0) is 6.92 Å². The van der Waals surface area contributed by atoms with Gasteiger partial charge < -0.3 is 15.6 Å². The van der Waals surface area contributed by atoms with Crippen LogP contribution in [0.3, 0.4) is 0 Å². The van der Waals surface area contributed by atoms with Gasteiger partial charge in [-0.25, -0.2) is 5.84 Å². The van der Waals surface area contributed by atoms with Crippen molar-refractivity contribution in [3.63, 3.8) is 0 Å². The number of aryl methyl sites for hydroxylation is 2. The van der Waals surface area contributed by atoms with E-state index in [4.69, 9.17) is 16.1 Å². The molecule has 1 heterocycles. The summed E-state index contributed by atoms with van der Waals surface area (Å²) < 4.78 is 1.68. The average Bonchev–Trinajstić information content (AvgIpc) is 2.54. The van der Waals surface area contributed by atoms with Crippen molar-refractivity contribution in [1.29, 1.82) is 0 Å². The third-order valence-electron chi connectivity index (χ3n) is 2.70. The fraction of sp³-hybridized carbons (Fsp3) is 0.700. The minimum atomic E-state index is 0.0602. The highest BCUT2D eigenvalue weighted by atomic mass is 16.3. The van der Waals surface area contributed by atoms with Gasteiger partial charge in [0.15, 0.2) is 0 Å². The Balaban J connectivity index is 2.83. The van der Waals surface area contributed by atoms with E-state index < -0.39 is 0 Å². The maximum absolute atomic E-state index is 8.96. The van der Waals surface area contributed by atoms with Gasteiger partial charge in [-0.3, -0.25) is 9.58 Å². The molecule has 17 heavy (non-hydrogen) atoms. The molecule has 98 valence electrons. The van der Waals surface area contributed by atoms with Crippen molar-refractivity contribution in [2.75, 3.05) is 31.7 Å². The average molecular weight is 243 g/mol. The largest absolute Gasteiger partial charge is 0.395 e. The van der Waals surface area contributed by atoms with Crippen molar-refractivity contribution >= 4 is 5.82 Å². The maximum Gasteiger partial charge on any atom is 0.142 e. The second-order valence-corrected chi connectivity index (χ2v) is 3.90. The number of aliphatic hydroxyl groups excluding tert-OH is 2. The number of nitrogens with two attached hydrogens (primary N) is 1. The number of aliphatic hydroxyl groups is 2. The summed E-state index contributed by atoms with van der Waals surface area (Å²) in [4.78, 5) is 1.95. The number of anilines is 1. The minimum absolute atomic E-state index is 0.0602. The Kier molecular flexibility index (Phi) is 5.36. The van der Waals surface area contributed by atoms with Gasteiger partial charge in [0.1, 0.15) is 5.82 Å². The van der Waals surface area contributed by atoms with Gasteiger partial charge in [0, 0.05) is 32.2 Å². The molecule has 0 saturated carbocycles. The molecule has 0 amide bonds. The van der Waals surface area contributed by atoms with Crippen LogP contribution in [0.5, 0.6) is 0 Å². The second-order valence-electron chi connectivity index (χ2n) is 3.90. The molecule has 7 nitrogen and oxygen atoms in total. The van der Waals surface area contributed by atoms with E-state index in [1.54, 1.807) is 4.68 Å². The van der Waals surface area contributed by atoms with E-state index in [1.165, 1.54) is 0 Å². The van der Waals surface area contributed by atoms with Crippen LogP contribution >= 0.6 is 0 Å². The van der Waals surface area contributed by atoms with Crippen molar-refractivity contribution < 1.29 is 10.2 Å². The number of nitrogens with zero attached hydrogens (tertiary/aromatic N) is 3. The third kappa shape index (κ3) is 3.40. The van der Waals surface area contributed by atoms with Crippen molar-refractivity contribution in [3.8, 4) is 0 Å². The summed E-state index contributed by atoms with van der Waals surface area (Å²) in [6.45, 7) is 3.65. The van der Waals surface area contributed by atoms with Crippen molar-refractivity contribution in [1.82, 2.24) is 14.7 Å². The second kappa shape index (κ2) is 6.55. The van der Waals surface area contributed by atoms with Crippen LogP contribution in [0.2, 0.25) is 0 Å². The number of rotatable bonds is 7. The molecule has 5 N–H and O–H groups in total. The summed E-state index contributed by atoms with van der Waals surface area (Å²) in [5, 5.41) is 22.2. The number of nitrogen functional groups attached to an aromatic ring is 1. The molecule has 0 fully saturated rings. The molecule has 0 radical (unpaired) electrons. The Morgan fingerprint density at radius 2 is 1.94 bits per heavy atom. The Bertz CT molecular complexity index is 347. The summed E-state index contributed by atoms with van der Waals surface area (Å²) in [7, 11) is 1.81. The van der Waals surface area contributed by atoms with E-state index >= 15 is 0 Å². The van der Waals surface area contributed by atoms with Crippen LogP contribution in [0.4, 0.5) is 5.82 Å². The first-order chi connectivity index (χ1) is 8.13. The molecule has 1 rings (SSSR count). The standard InChI is InChI=1S/C10H21N5O2/c1-8-9(10(12-11)14(2)13-8)7-15(3-5-16)4-6-17/h12,16-17H,3-7,11H2,1-2H3. The van der Waals surface area contributed by atoms with E-state index in [0.29, 0.717) is 19.6 Å². The topological polar surface area (TPSA) is 99.6 Å². The first-order valence-electron chi connectivity index (χ1n) is 5.57. The summed E-state index contributed by atoms with van der Waals surface area (Å²) >= 11 is 0. The molecule has 0 aromatic carbocycles. The fourth-order valence-corrected chi connectivity index (χ4v) is 1.85. The Labute approximate surface area is 101 Å². The van der Waals surface area contributed by atoms with Crippen LogP contribution in [0.25, 0.3) is 0 Å². The fourth-order valence-electron chi connectivity index (χ4n) is 1.85. The quantitative estimate of drug-likeness (QED) is 0.355. The zero-order valence-electron chi connectivity index (χ0n) is 10.3. The summed E-state index contributed by atoms with van der Waals surface area (Å²) in [5.74, 6) is 6.21. The van der Waals surface area contributed by atoms with Crippen LogP contribution in [0.15, 0.2) is 0 Å².